The van der Waals surface area contributed by atoms with E-state index in [0.29, 0.717) is 5.92 Å². The van der Waals surface area contributed by atoms with Crippen LogP contribution in [0.3, 0.4) is 0 Å². The van der Waals surface area contributed by atoms with Gasteiger partial charge in [0.1, 0.15) is 0 Å². The van der Waals surface area contributed by atoms with Gasteiger partial charge in [-0.15, -0.1) is 11.3 Å². The monoisotopic (exact) mass is 280 g/mol. The summed E-state index contributed by atoms with van der Waals surface area (Å²) in [6.07, 6.45) is 0. The SMILES string of the molecule is CC(C)c1nc(CN2CC(N3CCNCC3)C2)cs1. The zero-order chi connectivity index (χ0) is 13.2. The number of nitrogens with one attached hydrogen (secondary N) is 1. The summed E-state index contributed by atoms with van der Waals surface area (Å²) in [5.74, 6) is 0.559. The first-order chi connectivity index (χ1) is 9.22. The Morgan fingerprint density at radius 2 is 2.11 bits per heavy atom. The highest BCUT2D eigenvalue weighted by Crippen LogP contribution is 2.22. The van der Waals surface area contributed by atoms with Crippen LogP contribution in [-0.4, -0.2) is 60.1 Å². The smallest absolute Gasteiger partial charge is 0.0954 e. The number of hydrogen-bond donors (Lipinski definition) is 1. The lowest BCUT2D eigenvalue weighted by molar-refractivity contribution is 0.0217. The summed E-state index contributed by atoms with van der Waals surface area (Å²) in [5, 5.41) is 6.92. The number of nitrogens with zero attached hydrogens (tertiary/aromatic N) is 3. The Morgan fingerprint density at radius 1 is 1.37 bits per heavy atom. The third kappa shape index (κ3) is 3.16. The van der Waals surface area contributed by atoms with Gasteiger partial charge in [-0.05, 0) is 0 Å². The number of piperazine rings is 1. The fourth-order valence-corrected chi connectivity index (χ4v) is 3.67. The third-order valence-electron chi connectivity index (χ3n) is 4.05. The van der Waals surface area contributed by atoms with E-state index in [4.69, 9.17) is 4.98 Å². The largest absolute Gasteiger partial charge is 0.314 e. The molecule has 0 bridgehead atoms. The fraction of sp³-hybridized carbons (Fsp3) is 0.786. The summed E-state index contributed by atoms with van der Waals surface area (Å²) >= 11 is 1.81. The summed E-state index contributed by atoms with van der Waals surface area (Å²) < 4.78 is 0. The minimum atomic E-state index is 0.559. The first-order valence-electron chi connectivity index (χ1n) is 7.34. The van der Waals surface area contributed by atoms with Crippen LogP contribution in [0.2, 0.25) is 0 Å². The molecule has 3 heterocycles. The Kier molecular flexibility index (Phi) is 4.17. The summed E-state index contributed by atoms with van der Waals surface area (Å²) in [4.78, 5) is 9.87. The Labute approximate surface area is 119 Å². The van der Waals surface area contributed by atoms with E-state index in [0.717, 1.165) is 25.7 Å². The molecule has 0 aliphatic carbocycles. The van der Waals surface area contributed by atoms with Crippen LogP contribution < -0.4 is 5.32 Å². The molecule has 1 aromatic heterocycles. The van der Waals surface area contributed by atoms with Crippen molar-refractivity contribution < 1.29 is 0 Å². The third-order valence-corrected chi connectivity index (χ3v) is 5.25. The van der Waals surface area contributed by atoms with E-state index in [1.54, 1.807) is 11.3 Å². The summed E-state index contributed by atoms with van der Waals surface area (Å²) in [7, 11) is 0. The normalized spacial score (nSPS) is 22.9. The van der Waals surface area contributed by atoms with Crippen molar-refractivity contribution >= 4 is 11.3 Å². The zero-order valence-corrected chi connectivity index (χ0v) is 12.7. The van der Waals surface area contributed by atoms with Crippen molar-refractivity contribution in [1.29, 1.82) is 0 Å². The van der Waals surface area contributed by atoms with Gasteiger partial charge in [0, 0.05) is 63.2 Å². The van der Waals surface area contributed by atoms with Crippen molar-refractivity contribution in [3.63, 3.8) is 0 Å². The predicted molar refractivity (Wildman–Crippen MR) is 79.7 cm³/mol. The molecule has 0 aromatic carbocycles. The number of hydrogen-bond acceptors (Lipinski definition) is 5. The minimum absolute atomic E-state index is 0.559. The molecule has 0 amide bonds. The van der Waals surface area contributed by atoms with Gasteiger partial charge in [0.25, 0.3) is 0 Å². The first-order valence-corrected chi connectivity index (χ1v) is 8.22. The quantitative estimate of drug-likeness (QED) is 0.902. The molecule has 0 saturated carbocycles. The average Bonchev–Trinajstić information content (AvgIpc) is 2.83. The van der Waals surface area contributed by atoms with Crippen LogP contribution in [0.1, 0.15) is 30.5 Å². The van der Waals surface area contributed by atoms with Crippen LogP contribution in [0.15, 0.2) is 5.38 Å². The van der Waals surface area contributed by atoms with Crippen molar-refractivity contribution in [3.05, 3.63) is 16.1 Å². The molecule has 0 radical (unpaired) electrons. The maximum Gasteiger partial charge on any atom is 0.0954 e. The van der Waals surface area contributed by atoms with Gasteiger partial charge in [0.15, 0.2) is 0 Å². The van der Waals surface area contributed by atoms with Gasteiger partial charge in [0.2, 0.25) is 0 Å². The average molecular weight is 280 g/mol. The van der Waals surface area contributed by atoms with Gasteiger partial charge in [-0.1, -0.05) is 13.8 Å². The van der Waals surface area contributed by atoms with Crippen molar-refractivity contribution in [3.8, 4) is 0 Å². The molecule has 1 aromatic rings. The highest BCUT2D eigenvalue weighted by Gasteiger charge is 2.32. The molecule has 19 heavy (non-hydrogen) atoms. The Morgan fingerprint density at radius 3 is 2.74 bits per heavy atom. The number of thiazole rings is 1. The molecule has 5 heteroatoms. The van der Waals surface area contributed by atoms with E-state index in [1.165, 1.54) is 36.9 Å². The van der Waals surface area contributed by atoms with Crippen LogP contribution in [0, 0.1) is 0 Å². The Balaban J connectivity index is 1.45. The van der Waals surface area contributed by atoms with Gasteiger partial charge in [0.05, 0.1) is 10.7 Å². The topological polar surface area (TPSA) is 31.4 Å². The van der Waals surface area contributed by atoms with Gasteiger partial charge >= 0.3 is 0 Å². The van der Waals surface area contributed by atoms with Crippen LogP contribution in [-0.2, 0) is 6.54 Å². The maximum absolute atomic E-state index is 4.72. The lowest BCUT2D eigenvalue weighted by Crippen LogP contribution is -2.62. The maximum atomic E-state index is 4.72. The van der Waals surface area contributed by atoms with Crippen molar-refractivity contribution in [1.82, 2.24) is 20.1 Å². The van der Waals surface area contributed by atoms with Crippen molar-refractivity contribution in [2.75, 3.05) is 39.3 Å². The van der Waals surface area contributed by atoms with Crippen molar-refractivity contribution in [2.45, 2.75) is 32.4 Å². The molecular weight excluding hydrogens is 256 g/mol. The van der Waals surface area contributed by atoms with E-state index in [2.05, 4.69) is 34.3 Å². The predicted octanol–water partition coefficient (Wildman–Crippen LogP) is 1.36. The van der Waals surface area contributed by atoms with E-state index < -0.39 is 0 Å². The molecule has 0 spiro atoms. The van der Waals surface area contributed by atoms with Gasteiger partial charge < -0.3 is 5.32 Å². The molecule has 2 aliphatic heterocycles. The molecule has 2 aliphatic rings. The summed E-state index contributed by atoms with van der Waals surface area (Å²) in [5.41, 5.74) is 1.26. The molecule has 106 valence electrons. The number of likely N-dealkylation sites (tertiary alicyclic amines) is 1. The lowest BCUT2D eigenvalue weighted by atomic mass is 10.1. The zero-order valence-electron chi connectivity index (χ0n) is 11.9. The van der Waals surface area contributed by atoms with Crippen LogP contribution >= 0.6 is 11.3 Å². The minimum Gasteiger partial charge on any atom is -0.314 e. The summed E-state index contributed by atoms with van der Waals surface area (Å²) in [6.45, 7) is 12.6. The molecular formula is C14H24N4S. The fourth-order valence-electron chi connectivity index (χ4n) is 2.84. The highest BCUT2D eigenvalue weighted by atomic mass is 32.1. The molecule has 2 fully saturated rings. The highest BCUT2D eigenvalue weighted by molar-refractivity contribution is 7.09. The Bertz CT molecular complexity index is 405. The molecule has 1 N–H and O–H groups in total. The molecule has 3 rings (SSSR count). The van der Waals surface area contributed by atoms with Gasteiger partial charge in [-0.3, -0.25) is 9.80 Å². The van der Waals surface area contributed by atoms with E-state index >= 15 is 0 Å². The van der Waals surface area contributed by atoms with Gasteiger partial charge in [-0.2, -0.15) is 0 Å². The Hall–Kier alpha value is -0.490. The van der Waals surface area contributed by atoms with Crippen LogP contribution in [0.25, 0.3) is 0 Å². The number of aromatic nitrogens is 1. The van der Waals surface area contributed by atoms with Crippen molar-refractivity contribution in [2.24, 2.45) is 0 Å². The van der Waals surface area contributed by atoms with E-state index in [9.17, 15) is 0 Å². The van der Waals surface area contributed by atoms with E-state index in [-0.39, 0.29) is 0 Å². The second-order valence-electron chi connectivity index (χ2n) is 5.97. The second kappa shape index (κ2) is 5.87. The molecule has 2 saturated heterocycles. The summed E-state index contributed by atoms with van der Waals surface area (Å²) in [6, 6.07) is 0.783. The first kappa shape index (κ1) is 13.5. The molecule has 0 unspecified atom stereocenters. The standard InChI is InChI=1S/C14H24N4S/c1-11(2)14-16-12(10-19-14)7-17-8-13(9-17)18-5-3-15-4-6-18/h10-11,13,15H,3-9H2,1-2H3. The van der Waals surface area contributed by atoms with E-state index in [1.807, 2.05) is 0 Å². The number of rotatable bonds is 4. The molecule has 0 atom stereocenters. The van der Waals surface area contributed by atoms with Crippen LogP contribution in [0.4, 0.5) is 0 Å². The lowest BCUT2D eigenvalue weighted by Gasteiger charge is -2.46. The molecule has 4 nitrogen and oxygen atoms in total. The second-order valence-corrected chi connectivity index (χ2v) is 6.86. The van der Waals surface area contributed by atoms with Gasteiger partial charge in [-0.25, -0.2) is 4.98 Å². The van der Waals surface area contributed by atoms with Crippen LogP contribution in [0.5, 0.6) is 0 Å².